The Hall–Kier alpha value is -4.36. The second-order valence-electron chi connectivity index (χ2n) is 9.16. The van der Waals surface area contributed by atoms with Crippen LogP contribution in [0.3, 0.4) is 0 Å². The average molecular weight is 539 g/mol. The van der Waals surface area contributed by atoms with E-state index in [9.17, 15) is 19.5 Å². The molecular weight excluding hydrogens is 508 g/mol. The topological polar surface area (TPSA) is 86.7 Å². The molecule has 4 aromatic carbocycles. The fraction of sp³-hybridized carbons (Fsp3) is 0.156. The summed E-state index contributed by atoms with van der Waals surface area (Å²) in [6.45, 7) is 1.97. The number of benzene rings is 4. The van der Waals surface area contributed by atoms with Gasteiger partial charge in [0.15, 0.2) is 0 Å². The van der Waals surface area contributed by atoms with Crippen LogP contribution in [-0.4, -0.2) is 39.7 Å². The molecule has 0 radical (unpaired) electrons. The van der Waals surface area contributed by atoms with Gasteiger partial charge in [0.25, 0.3) is 5.91 Å². The summed E-state index contributed by atoms with van der Waals surface area (Å²) in [4.78, 5) is 40.0. The Kier molecular flexibility index (Phi) is 9.53. The van der Waals surface area contributed by atoms with Crippen LogP contribution in [0.2, 0.25) is 0 Å². The zero-order valence-corrected chi connectivity index (χ0v) is 22.4. The Bertz CT molecular complexity index is 1390. The molecule has 1 atom stereocenters. The van der Waals surface area contributed by atoms with E-state index in [-0.39, 0.29) is 12.3 Å². The monoisotopic (exact) mass is 538 g/mol. The Morgan fingerprint density at radius 3 is 1.97 bits per heavy atom. The van der Waals surface area contributed by atoms with Crippen LogP contribution in [-0.2, 0) is 17.1 Å². The minimum atomic E-state index is -1.15. The van der Waals surface area contributed by atoms with Gasteiger partial charge in [0.1, 0.15) is 6.04 Å². The minimum Gasteiger partial charge on any atom is -0.480 e. The molecule has 4 rings (SSSR count). The van der Waals surface area contributed by atoms with Gasteiger partial charge >= 0.3 is 12.0 Å². The molecule has 0 saturated carbocycles. The predicted molar refractivity (Wildman–Crippen MR) is 155 cm³/mol. The second kappa shape index (κ2) is 13.4. The van der Waals surface area contributed by atoms with Crippen molar-refractivity contribution in [3.8, 4) is 11.1 Å². The first-order chi connectivity index (χ1) is 18.9. The number of thioether (sulfide) groups is 1. The van der Waals surface area contributed by atoms with Gasteiger partial charge in [-0.2, -0.15) is 11.8 Å². The van der Waals surface area contributed by atoms with Gasteiger partial charge in [-0.05, 0) is 41.3 Å². The maximum absolute atomic E-state index is 13.6. The highest BCUT2D eigenvalue weighted by molar-refractivity contribution is 7.98. The maximum atomic E-state index is 13.6. The number of hydrogen-bond donors (Lipinski definition) is 2. The number of carboxylic acid groups (broad SMARTS) is 1. The van der Waals surface area contributed by atoms with Crippen molar-refractivity contribution in [2.75, 3.05) is 5.75 Å². The van der Waals surface area contributed by atoms with Gasteiger partial charge in [-0.25, -0.2) is 9.59 Å². The number of rotatable bonds is 10. The third-order valence-electron chi connectivity index (χ3n) is 6.18. The number of aryl methyl sites for hydroxylation is 1. The van der Waals surface area contributed by atoms with Crippen LogP contribution < -0.4 is 5.32 Å². The summed E-state index contributed by atoms with van der Waals surface area (Å²) >= 11 is 1.41. The largest absolute Gasteiger partial charge is 0.480 e. The Morgan fingerprint density at radius 1 is 0.769 bits per heavy atom. The fourth-order valence-corrected chi connectivity index (χ4v) is 4.98. The van der Waals surface area contributed by atoms with Crippen LogP contribution in [0, 0.1) is 6.92 Å². The molecule has 0 spiro atoms. The Balaban J connectivity index is 1.51. The first kappa shape index (κ1) is 27.7. The van der Waals surface area contributed by atoms with Crippen molar-refractivity contribution in [1.82, 2.24) is 10.2 Å². The number of imide groups is 1. The van der Waals surface area contributed by atoms with Crippen LogP contribution in [0.15, 0.2) is 109 Å². The number of carbonyl (C=O) groups is 3. The predicted octanol–water partition coefficient (Wildman–Crippen LogP) is 6.40. The molecule has 0 aliphatic carbocycles. The third kappa shape index (κ3) is 7.82. The summed E-state index contributed by atoms with van der Waals surface area (Å²) in [6, 6.07) is 32.2. The lowest BCUT2D eigenvalue weighted by Gasteiger charge is -2.24. The van der Waals surface area contributed by atoms with Gasteiger partial charge in [-0.3, -0.25) is 9.69 Å². The molecule has 39 heavy (non-hydrogen) atoms. The molecule has 0 aliphatic rings. The van der Waals surface area contributed by atoms with Crippen molar-refractivity contribution in [2.24, 2.45) is 0 Å². The van der Waals surface area contributed by atoms with Crippen molar-refractivity contribution in [3.63, 3.8) is 0 Å². The van der Waals surface area contributed by atoms with Crippen LogP contribution in [0.4, 0.5) is 4.79 Å². The van der Waals surface area contributed by atoms with Gasteiger partial charge in [0.2, 0.25) is 0 Å². The number of nitrogens with zero attached hydrogens (tertiary/aromatic N) is 1. The van der Waals surface area contributed by atoms with Crippen LogP contribution in [0.5, 0.6) is 0 Å². The van der Waals surface area contributed by atoms with Crippen LogP contribution in [0.25, 0.3) is 11.1 Å². The first-order valence-corrected chi connectivity index (χ1v) is 13.7. The molecule has 198 valence electrons. The van der Waals surface area contributed by atoms with E-state index < -0.39 is 23.9 Å². The highest BCUT2D eigenvalue weighted by atomic mass is 32.2. The van der Waals surface area contributed by atoms with Crippen molar-refractivity contribution < 1.29 is 19.5 Å². The molecule has 3 amide bonds. The molecule has 0 saturated heterocycles. The van der Waals surface area contributed by atoms with Crippen molar-refractivity contribution >= 4 is 29.7 Å². The van der Waals surface area contributed by atoms with Crippen LogP contribution in [0.1, 0.15) is 27.0 Å². The van der Waals surface area contributed by atoms with Gasteiger partial charge in [-0.15, -0.1) is 0 Å². The summed E-state index contributed by atoms with van der Waals surface area (Å²) < 4.78 is 0. The number of amides is 3. The smallest absolute Gasteiger partial charge is 0.327 e. The lowest BCUT2D eigenvalue weighted by Crippen LogP contribution is -2.50. The van der Waals surface area contributed by atoms with Crippen molar-refractivity contribution in [1.29, 1.82) is 0 Å². The molecule has 0 bridgehead atoms. The van der Waals surface area contributed by atoms with Gasteiger partial charge in [0.05, 0.1) is 6.54 Å². The van der Waals surface area contributed by atoms with E-state index in [0.717, 1.165) is 32.7 Å². The standard InChI is InChI=1S/C32H30N2O4S/c1-23-12-14-24(15-13-23)20-34(30(35)28-18-16-27(17-19-28)26-10-6-3-7-11-26)32(38)33-29(31(36)37)22-39-21-25-8-4-2-5-9-25/h2-19,29H,20-22H2,1H3,(H,33,38)(H,36,37)/t29-/m0/s1. The van der Waals surface area contributed by atoms with Gasteiger partial charge < -0.3 is 10.4 Å². The first-order valence-electron chi connectivity index (χ1n) is 12.6. The quantitative estimate of drug-likeness (QED) is 0.244. The molecule has 0 fully saturated rings. The highest BCUT2D eigenvalue weighted by Gasteiger charge is 2.28. The number of nitrogens with one attached hydrogen (secondary N) is 1. The number of aliphatic carboxylic acids is 1. The third-order valence-corrected chi connectivity index (χ3v) is 7.29. The number of carboxylic acids is 1. The zero-order valence-electron chi connectivity index (χ0n) is 21.6. The van der Waals surface area contributed by atoms with E-state index in [2.05, 4.69) is 5.32 Å². The van der Waals surface area contributed by atoms with Gasteiger partial charge in [0, 0.05) is 17.1 Å². The van der Waals surface area contributed by atoms with Crippen molar-refractivity contribution in [3.05, 3.63) is 131 Å². The molecule has 2 N–H and O–H groups in total. The summed E-state index contributed by atoms with van der Waals surface area (Å²) in [7, 11) is 0. The number of hydrogen-bond acceptors (Lipinski definition) is 4. The van der Waals surface area contributed by atoms with Gasteiger partial charge in [-0.1, -0.05) is 103 Å². The molecular formula is C32H30N2O4S. The lowest BCUT2D eigenvalue weighted by atomic mass is 10.0. The highest BCUT2D eigenvalue weighted by Crippen LogP contribution is 2.21. The molecule has 0 aromatic heterocycles. The molecule has 7 heteroatoms. The Labute approximate surface area is 232 Å². The van der Waals surface area contributed by atoms with E-state index >= 15 is 0 Å². The van der Waals surface area contributed by atoms with E-state index in [4.69, 9.17) is 0 Å². The van der Waals surface area contributed by atoms with E-state index in [1.54, 1.807) is 12.1 Å². The summed E-state index contributed by atoms with van der Waals surface area (Å²) in [5, 5.41) is 12.4. The normalized spacial score (nSPS) is 11.4. The van der Waals surface area contributed by atoms with E-state index in [1.807, 2.05) is 104 Å². The molecule has 0 heterocycles. The van der Waals surface area contributed by atoms with E-state index in [0.29, 0.717) is 11.3 Å². The van der Waals surface area contributed by atoms with E-state index in [1.165, 1.54) is 11.8 Å². The number of carbonyl (C=O) groups excluding carboxylic acids is 2. The average Bonchev–Trinajstić information content (AvgIpc) is 2.97. The molecule has 0 aliphatic heterocycles. The molecule has 4 aromatic rings. The SMILES string of the molecule is Cc1ccc(CN(C(=O)N[C@@H](CSCc2ccccc2)C(=O)O)C(=O)c2ccc(-c3ccccc3)cc2)cc1. The lowest BCUT2D eigenvalue weighted by molar-refractivity contribution is -0.138. The molecule has 6 nitrogen and oxygen atoms in total. The summed E-state index contributed by atoms with van der Waals surface area (Å²) in [5.41, 5.74) is 5.18. The summed E-state index contributed by atoms with van der Waals surface area (Å²) in [6.07, 6.45) is 0. The van der Waals surface area contributed by atoms with Crippen molar-refractivity contribution in [2.45, 2.75) is 25.3 Å². The minimum absolute atomic E-state index is 0.00881. The summed E-state index contributed by atoms with van der Waals surface area (Å²) in [5.74, 6) is -0.887. The molecule has 0 unspecified atom stereocenters. The Morgan fingerprint density at radius 2 is 1.36 bits per heavy atom. The maximum Gasteiger partial charge on any atom is 0.327 e. The fourth-order valence-electron chi connectivity index (χ4n) is 3.97. The number of urea groups is 1. The second-order valence-corrected chi connectivity index (χ2v) is 10.2. The van der Waals surface area contributed by atoms with Crippen LogP contribution >= 0.6 is 11.8 Å². The zero-order chi connectivity index (χ0) is 27.6.